The standard InChI is InChI=1S/C18H20N2O4S2/c1-4-23-14(21)9-12-10-26-18-19-11(3)15(17(22)24-5-2)16(20(12)18)13-7-6-8-25-13/h6-8,10,16H,4-5,9H2,1-3H3. The van der Waals surface area contributed by atoms with Gasteiger partial charge in [-0.2, -0.15) is 0 Å². The fraction of sp³-hybridized carbons (Fsp3) is 0.389. The molecule has 138 valence electrons. The van der Waals surface area contributed by atoms with Crippen molar-refractivity contribution in [3.8, 4) is 0 Å². The average Bonchev–Trinajstić information content (AvgIpc) is 3.24. The minimum atomic E-state index is -0.376. The van der Waals surface area contributed by atoms with E-state index in [9.17, 15) is 9.59 Å². The van der Waals surface area contributed by atoms with E-state index in [-0.39, 0.29) is 24.4 Å². The second-order valence-corrected chi connectivity index (χ2v) is 7.43. The van der Waals surface area contributed by atoms with Crippen molar-refractivity contribution < 1.29 is 19.1 Å². The van der Waals surface area contributed by atoms with Crippen LogP contribution in [-0.2, 0) is 19.1 Å². The van der Waals surface area contributed by atoms with E-state index in [1.165, 1.54) is 11.8 Å². The van der Waals surface area contributed by atoms with Crippen LogP contribution in [0.4, 0.5) is 0 Å². The minimum absolute atomic E-state index is 0.136. The summed E-state index contributed by atoms with van der Waals surface area (Å²) in [5.41, 5.74) is 1.93. The molecule has 0 saturated heterocycles. The Labute approximate surface area is 160 Å². The summed E-state index contributed by atoms with van der Waals surface area (Å²) >= 11 is 3.01. The molecule has 0 bridgehead atoms. The van der Waals surface area contributed by atoms with Crippen LogP contribution in [0.25, 0.3) is 0 Å². The second-order valence-electron chi connectivity index (χ2n) is 5.61. The van der Waals surface area contributed by atoms with E-state index >= 15 is 0 Å². The van der Waals surface area contributed by atoms with Gasteiger partial charge in [0, 0.05) is 10.6 Å². The van der Waals surface area contributed by atoms with Crippen molar-refractivity contribution in [1.82, 2.24) is 4.90 Å². The molecule has 0 fully saturated rings. The molecule has 0 radical (unpaired) electrons. The zero-order valence-electron chi connectivity index (χ0n) is 14.9. The van der Waals surface area contributed by atoms with Crippen LogP contribution in [-0.4, -0.2) is 35.2 Å². The number of carbonyl (C=O) groups excluding carboxylic acids is 2. The maximum atomic E-state index is 12.6. The number of nitrogens with zero attached hydrogens (tertiary/aromatic N) is 2. The SMILES string of the molecule is CCOC(=O)CC1=CSC2=NC(C)=C(C(=O)OCC)C(c3cccs3)N12. The Morgan fingerprint density at radius 2 is 2.04 bits per heavy atom. The van der Waals surface area contributed by atoms with Gasteiger partial charge in [-0.05, 0) is 37.6 Å². The highest BCUT2D eigenvalue weighted by atomic mass is 32.2. The molecule has 0 N–H and O–H groups in total. The highest BCUT2D eigenvalue weighted by Crippen LogP contribution is 2.45. The zero-order chi connectivity index (χ0) is 18.7. The Morgan fingerprint density at radius 3 is 2.69 bits per heavy atom. The Hall–Kier alpha value is -2.06. The fourth-order valence-electron chi connectivity index (χ4n) is 2.92. The fourth-order valence-corrected chi connectivity index (χ4v) is 4.70. The van der Waals surface area contributed by atoms with Crippen molar-refractivity contribution in [3.05, 3.63) is 44.8 Å². The van der Waals surface area contributed by atoms with Gasteiger partial charge in [0.2, 0.25) is 0 Å². The van der Waals surface area contributed by atoms with Gasteiger partial charge in [0.25, 0.3) is 0 Å². The Bertz CT molecular complexity index is 796. The predicted molar refractivity (Wildman–Crippen MR) is 103 cm³/mol. The summed E-state index contributed by atoms with van der Waals surface area (Å²) in [6, 6.07) is 3.58. The first-order valence-electron chi connectivity index (χ1n) is 8.37. The van der Waals surface area contributed by atoms with Crippen molar-refractivity contribution in [2.45, 2.75) is 33.2 Å². The second kappa shape index (κ2) is 8.09. The highest BCUT2D eigenvalue weighted by molar-refractivity contribution is 8.16. The van der Waals surface area contributed by atoms with E-state index in [1.807, 2.05) is 34.7 Å². The van der Waals surface area contributed by atoms with Gasteiger partial charge in [0.05, 0.1) is 30.9 Å². The third kappa shape index (κ3) is 3.57. The molecule has 0 saturated carbocycles. The van der Waals surface area contributed by atoms with Crippen LogP contribution in [0.15, 0.2) is 44.9 Å². The number of hydrogen-bond donors (Lipinski definition) is 0. The summed E-state index contributed by atoms with van der Waals surface area (Å²) in [6.45, 7) is 6.01. The Morgan fingerprint density at radius 1 is 1.27 bits per heavy atom. The third-order valence-corrected chi connectivity index (χ3v) is 5.75. The Balaban J connectivity index is 2.00. The number of amidine groups is 1. The van der Waals surface area contributed by atoms with Crippen molar-refractivity contribution in [2.75, 3.05) is 13.2 Å². The van der Waals surface area contributed by atoms with Crippen LogP contribution >= 0.6 is 23.1 Å². The lowest BCUT2D eigenvalue weighted by Crippen LogP contribution is -2.36. The number of thiophene rings is 1. The number of esters is 2. The molecule has 3 rings (SSSR count). The van der Waals surface area contributed by atoms with Gasteiger partial charge in [-0.3, -0.25) is 4.79 Å². The van der Waals surface area contributed by atoms with E-state index < -0.39 is 0 Å². The van der Waals surface area contributed by atoms with Crippen LogP contribution < -0.4 is 0 Å². The first kappa shape index (κ1) is 18.7. The first-order valence-corrected chi connectivity index (χ1v) is 10.1. The first-order chi connectivity index (χ1) is 12.6. The van der Waals surface area contributed by atoms with Gasteiger partial charge in [-0.15, -0.1) is 11.3 Å². The molecule has 8 heteroatoms. The quantitative estimate of drug-likeness (QED) is 0.685. The van der Waals surface area contributed by atoms with Crippen LogP contribution in [0, 0.1) is 0 Å². The van der Waals surface area contributed by atoms with Crippen molar-refractivity contribution in [2.24, 2.45) is 4.99 Å². The summed E-state index contributed by atoms with van der Waals surface area (Å²) in [4.78, 5) is 32.2. The molecule has 2 aliphatic heterocycles. The number of fused-ring (bicyclic) bond motifs is 1. The van der Waals surface area contributed by atoms with Gasteiger partial charge in [0.15, 0.2) is 5.17 Å². The lowest BCUT2D eigenvalue weighted by molar-refractivity contribution is -0.142. The minimum Gasteiger partial charge on any atom is -0.466 e. The lowest BCUT2D eigenvalue weighted by Gasteiger charge is -2.35. The monoisotopic (exact) mass is 392 g/mol. The molecular formula is C18H20N2O4S2. The third-order valence-electron chi connectivity index (χ3n) is 3.94. The maximum absolute atomic E-state index is 12.6. The van der Waals surface area contributed by atoms with Gasteiger partial charge in [-0.1, -0.05) is 17.8 Å². The number of thioether (sulfide) groups is 1. The summed E-state index contributed by atoms with van der Waals surface area (Å²) in [6.07, 6.45) is 0.136. The van der Waals surface area contributed by atoms with E-state index in [0.29, 0.717) is 24.5 Å². The van der Waals surface area contributed by atoms with Gasteiger partial charge in [0.1, 0.15) is 6.04 Å². The van der Waals surface area contributed by atoms with E-state index in [0.717, 1.165) is 15.7 Å². The topological polar surface area (TPSA) is 68.2 Å². The van der Waals surface area contributed by atoms with Crippen molar-refractivity contribution >= 4 is 40.2 Å². The van der Waals surface area contributed by atoms with Crippen LogP contribution in [0.5, 0.6) is 0 Å². The predicted octanol–water partition coefficient (Wildman–Crippen LogP) is 3.84. The van der Waals surface area contributed by atoms with E-state index in [1.54, 1.807) is 25.2 Å². The lowest BCUT2D eigenvalue weighted by atomic mass is 9.99. The number of hydrogen-bond acceptors (Lipinski definition) is 8. The molecule has 1 aromatic rings. The number of allylic oxidation sites excluding steroid dienone is 1. The maximum Gasteiger partial charge on any atom is 0.338 e. The smallest absolute Gasteiger partial charge is 0.338 e. The number of aliphatic imine (C=N–C) groups is 1. The Kier molecular flexibility index (Phi) is 5.83. The largest absolute Gasteiger partial charge is 0.466 e. The molecule has 2 aliphatic rings. The summed E-state index contributed by atoms with van der Waals surface area (Å²) < 4.78 is 10.4. The van der Waals surface area contributed by atoms with Gasteiger partial charge < -0.3 is 14.4 Å². The van der Waals surface area contributed by atoms with Crippen molar-refractivity contribution in [1.29, 1.82) is 0 Å². The summed E-state index contributed by atoms with van der Waals surface area (Å²) in [5.74, 6) is -0.673. The van der Waals surface area contributed by atoms with Crippen LogP contribution in [0.1, 0.15) is 38.1 Å². The molecule has 0 amide bonds. The molecule has 1 unspecified atom stereocenters. The number of carbonyl (C=O) groups is 2. The molecule has 26 heavy (non-hydrogen) atoms. The van der Waals surface area contributed by atoms with Gasteiger partial charge in [-0.25, -0.2) is 9.79 Å². The van der Waals surface area contributed by atoms with Crippen LogP contribution in [0.3, 0.4) is 0 Å². The molecule has 6 nitrogen and oxygen atoms in total. The van der Waals surface area contributed by atoms with E-state index in [4.69, 9.17) is 9.47 Å². The normalized spacial score (nSPS) is 19.0. The molecule has 1 atom stereocenters. The molecule has 1 aromatic heterocycles. The molecule has 0 aromatic carbocycles. The molecule has 0 aliphatic carbocycles. The molecule has 3 heterocycles. The van der Waals surface area contributed by atoms with Crippen LogP contribution in [0.2, 0.25) is 0 Å². The summed E-state index contributed by atoms with van der Waals surface area (Å²) in [7, 11) is 0. The van der Waals surface area contributed by atoms with Gasteiger partial charge >= 0.3 is 11.9 Å². The zero-order valence-corrected chi connectivity index (χ0v) is 16.5. The highest BCUT2D eigenvalue weighted by Gasteiger charge is 2.41. The van der Waals surface area contributed by atoms with E-state index in [2.05, 4.69) is 4.99 Å². The van der Waals surface area contributed by atoms with Crippen molar-refractivity contribution in [3.63, 3.8) is 0 Å². The number of ether oxygens (including phenoxy) is 2. The average molecular weight is 393 g/mol. The molecular weight excluding hydrogens is 372 g/mol. The summed E-state index contributed by atoms with van der Waals surface area (Å²) in [5, 5.41) is 4.63. The molecule has 0 spiro atoms. The number of rotatable bonds is 6.